The van der Waals surface area contributed by atoms with E-state index >= 15 is 0 Å². The Morgan fingerprint density at radius 1 is 1.11 bits per heavy atom. The van der Waals surface area contributed by atoms with Crippen LogP contribution in [0, 0.1) is 11.6 Å². The topological polar surface area (TPSA) is 64.1 Å². The summed E-state index contributed by atoms with van der Waals surface area (Å²) in [6.07, 6.45) is 7.00. The van der Waals surface area contributed by atoms with Crippen molar-refractivity contribution in [2.45, 2.75) is 13.0 Å². The SMILES string of the molecule is CC(NC(=O)C=Cc1ccc(F)cc1F)c1cccc(Oc2cncnc2)c1. The van der Waals surface area contributed by atoms with E-state index in [0.29, 0.717) is 11.5 Å². The van der Waals surface area contributed by atoms with Crippen molar-refractivity contribution in [2.75, 3.05) is 0 Å². The molecule has 3 aromatic rings. The average Bonchev–Trinajstić information content (AvgIpc) is 2.68. The van der Waals surface area contributed by atoms with E-state index in [4.69, 9.17) is 4.74 Å². The van der Waals surface area contributed by atoms with Gasteiger partial charge in [-0.3, -0.25) is 4.79 Å². The smallest absolute Gasteiger partial charge is 0.244 e. The molecule has 1 aromatic heterocycles. The molecule has 1 amide bonds. The third kappa shape index (κ3) is 5.20. The Kier molecular flexibility index (Phi) is 6.06. The Labute approximate surface area is 160 Å². The van der Waals surface area contributed by atoms with E-state index in [1.54, 1.807) is 30.6 Å². The highest BCUT2D eigenvalue weighted by Crippen LogP contribution is 2.23. The fourth-order valence-electron chi connectivity index (χ4n) is 2.47. The van der Waals surface area contributed by atoms with Gasteiger partial charge in [0.15, 0.2) is 5.75 Å². The van der Waals surface area contributed by atoms with Gasteiger partial charge in [0.1, 0.15) is 23.7 Å². The van der Waals surface area contributed by atoms with Gasteiger partial charge in [0.25, 0.3) is 0 Å². The zero-order valence-corrected chi connectivity index (χ0v) is 15.0. The van der Waals surface area contributed by atoms with Crippen molar-refractivity contribution in [3.05, 3.63) is 90.0 Å². The molecular formula is C21H17F2N3O2. The lowest BCUT2D eigenvalue weighted by Gasteiger charge is -2.14. The maximum absolute atomic E-state index is 13.6. The predicted molar refractivity (Wildman–Crippen MR) is 100 cm³/mol. The molecule has 142 valence electrons. The molecule has 7 heteroatoms. The van der Waals surface area contributed by atoms with Crippen molar-refractivity contribution in [1.82, 2.24) is 15.3 Å². The monoisotopic (exact) mass is 381 g/mol. The van der Waals surface area contributed by atoms with Crippen LogP contribution in [0.1, 0.15) is 24.1 Å². The van der Waals surface area contributed by atoms with Crippen LogP contribution < -0.4 is 10.1 Å². The van der Waals surface area contributed by atoms with E-state index in [2.05, 4.69) is 15.3 Å². The minimum absolute atomic E-state index is 0.129. The molecule has 0 saturated heterocycles. The lowest BCUT2D eigenvalue weighted by atomic mass is 10.1. The number of benzene rings is 2. The number of carbonyl (C=O) groups excluding carboxylic acids is 1. The van der Waals surface area contributed by atoms with Crippen LogP contribution in [0.3, 0.4) is 0 Å². The number of carbonyl (C=O) groups is 1. The number of nitrogens with one attached hydrogen (secondary N) is 1. The van der Waals surface area contributed by atoms with Crippen LogP contribution in [0.5, 0.6) is 11.5 Å². The summed E-state index contributed by atoms with van der Waals surface area (Å²) in [5, 5.41) is 2.79. The van der Waals surface area contributed by atoms with Crippen LogP contribution in [0.2, 0.25) is 0 Å². The van der Waals surface area contributed by atoms with Gasteiger partial charge in [-0.05, 0) is 42.8 Å². The fourth-order valence-corrected chi connectivity index (χ4v) is 2.47. The van der Waals surface area contributed by atoms with Crippen LogP contribution in [0.25, 0.3) is 6.08 Å². The van der Waals surface area contributed by atoms with Crippen LogP contribution in [0.15, 0.2) is 67.3 Å². The lowest BCUT2D eigenvalue weighted by molar-refractivity contribution is -0.117. The molecule has 3 rings (SSSR count). The zero-order chi connectivity index (χ0) is 19.9. The Morgan fingerprint density at radius 2 is 1.89 bits per heavy atom. The summed E-state index contributed by atoms with van der Waals surface area (Å²) in [5.74, 6) is -0.722. The Morgan fingerprint density at radius 3 is 2.64 bits per heavy atom. The van der Waals surface area contributed by atoms with Gasteiger partial charge in [-0.15, -0.1) is 0 Å². The number of halogens is 2. The third-order valence-corrected chi connectivity index (χ3v) is 3.87. The van der Waals surface area contributed by atoms with Crippen molar-refractivity contribution < 1.29 is 18.3 Å². The van der Waals surface area contributed by atoms with E-state index in [-0.39, 0.29) is 11.6 Å². The predicted octanol–water partition coefficient (Wildman–Crippen LogP) is 4.44. The first kappa shape index (κ1) is 19.2. The average molecular weight is 381 g/mol. The number of nitrogens with zero attached hydrogens (tertiary/aromatic N) is 2. The summed E-state index contributed by atoms with van der Waals surface area (Å²) in [4.78, 5) is 19.9. The zero-order valence-electron chi connectivity index (χ0n) is 15.0. The van der Waals surface area contributed by atoms with Crippen molar-refractivity contribution in [3.8, 4) is 11.5 Å². The highest BCUT2D eigenvalue weighted by Gasteiger charge is 2.09. The molecule has 28 heavy (non-hydrogen) atoms. The Balaban J connectivity index is 1.63. The van der Waals surface area contributed by atoms with Gasteiger partial charge >= 0.3 is 0 Å². The molecule has 0 radical (unpaired) electrons. The molecule has 0 aliphatic heterocycles. The fraction of sp³-hybridized carbons (Fsp3) is 0.0952. The summed E-state index contributed by atoms with van der Waals surface area (Å²) in [7, 11) is 0. The third-order valence-electron chi connectivity index (χ3n) is 3.87. The minimum atomic E-state index is -0.730. The molecule has 0 bridgehead atoms. The number of hydrogen-bond donors (Lipinski definition) is 1. The van der Waals surface area contributed by atoms with E-state index < -0.39 is 17.5 Å². The van der Waals surface area contributed by atoms with E-state index in [1.807, 2.05) is 13.0 Å². The summed E-state index contributed by atoms with van der Waals surface area (Å²) < 4.78 is 32.2. The molecule has 0 spiro atoms. The summed E-state index contributed by atoms with van der Waals surface area (Å²) in [5.41, 5.74) is 0.953. The minimum Gasteiger partial charge on any atom is -0.454 e. The molecule has 2 aromatic carbocycles. The standard InChI is InChI=1S/C21H17F2N3O2/c1-14(26-21(27)8-6-15-5-7-17(22)10-20(15)23)16-3-2-4-18(9-16)28-19-11-24-13-25-12-19/h2-14H,1H3,(H,26,27). The lowest BCUT2D eigenvalue weighted by Crippen LogP contribution is -2.24. The van der Waals surface area contributed by atoms with E-state index in [0.717, 1.165) is 17.7 Å². The second kappa shape index (κ2) is 8.85. The number of hydrogen-bond acceptors (Lipinski definition) is 4. The molecule has 1 heterocycles. The maximum Gasteiger partial charge on any atom is 0.244 e. The van der Waals surface area contributed by atoms with Gasteiger partial charge in [0.05, 0.1) is 18.4 Å². The Bertz CT molecular complexity index is 994. The molecule has 0 fully saturated rings. The van der Waals surface area contributed by atoms with Gasteiger partial charge in [-0.1, -0.05) is 12.1 Å². The molecular weight excluding hydrogens is 364 g/mol. The van der Waals surface area contributed by atoms with Crippen molar-refractivity contribution in [2.24, 2.45) is 0 Å². The molecule has 0 aliphatic rings. The Hall–Kier alpha value is -3.61. The highest BCUT2D eigenvalue weighted by atomic mass is 19.1. The quantitative estimate of drug-likeness (QED) is 0.641. The van der Waals surface area contributed by atoms with Crippen LogP contribution >= 0.6 is 0 Å². The molecule has 0 saturated carbocycles. The highest BCUT2D eigenvalue weighted by molar-refractivity contribution is 5.92. The number of amides is 1. The molecule has 5 nitrogen and oxygen atoms in total. The van der Waals surface area contributed by atoms with E-state index in [1.165, 1.54) is 24.5 Å². The summed E-state index contributed by atoms with van der Waals surface area (Å²) >= 11 is 0. The summed E-state index contributed by atoms with van der Waals surface area (Å²) in [6.45, 7) is 1.81. The number of ether oxygens (including phenoxy) is 1. The molecule has 1 N–H and O–H groups in total. The molecule has 1 atom stereocenters. The van der Waals surface area contributed by atoms with Crippen LogP contribution in [0.4, 0.5) is 8.78 Å². The molecule has 1 unspecified atom stereocenters. The van der Waals surface area contributed by atoms with Gasteiger partial charge < -0.3 is 10.1 Å². The van der Waals surface area contributed by atoms with Gasteiger partial charge in [-0.2, -0.15) is 0 Å². The normalized spacial score (nSPS) is 12.0. The van der Waals surface area contributed by atoms with Crippen LogP contribution in [-0.4, -0.2) is 15.9 Å². The van der Waals surface area contributed by atoms with Crippen molar-refractivity contribution in [3.63, 3.8) is 0 Å². The first-order valence-electron chi connectivity index (χ1n) is 8.48. The van der Waals surface area contributed by atoms with Gasteiger partial charge in [-0.25, -0.2) is 18.7 Å². The van der Waals surface area contributed by atoms with Crippen molar-refractivity contribution in [1.29, 1.82) is 0 Å². The maximum atomic E-state index is 13.6. The summed E-state index contributed by atoms with van der Waals surface area (Å²) in [6, 6.07) is 10.1. The second-order valence-electron chi connectivity index (χ2n) is 5.98. The first-order chi connectivity index (χ1) is 13.5. The molecule has 0 aliphatic carbocycles. The van der Waals surface area contributed by atoms with Crippen molar-refractivity contribution >= 4 is 12.0 Å². The van der Waals surface area contributed by atoms with E-state index in [9.17, 15) is 13.6 Å². The number of rotatable bonds is 6. The van der Waals surface area contributed by atoms with Gasteiger partial charge in [0, 0.05) is 17.7 Å². The second-order valence-corrected chi connectivity index (χ2v) is 5.98. The number of aromatic nitrogens is 2. The largest absolute Gasteiger partial charge is 0.454 e. The first-order valence-corrected chi connectivity index (χ1v) is 8.48. The van der Waals surface area contributed by atoms with Gasteiger partial charge in [0.2, 0.25) is 5.91 Å². The van der Waals surface area contributed by atoms with Crippen LogP contribution in [-0.2, 0) is 4.79 Å².